The minimum absolute atomic E-state index is 0.183. The standard InChI is InChI=1S/C34H42N2O5S.C6H12O2S/c1-4-10-27-16-17-28(21-25-12-6-5-7-13-25)36(27)23-26-15-18-30(31(22-26)29-14-9-8-11-24(29)2)33(37)35-32(34(38)39)19-20-42(3,40)41;1-5(6(7)8)3-4-9-2/h5-9,11-15,18,22,27-28,32H,4,10,16-17,19-21,23H2,1-3H3,(H,35,37)(H,38,39);5H,3-4H2,1-2H3,(H,7,8)/t27-,28?,32?;/m0./s1. The summed E-state index contributed by atoms with van der Waals surface area (Å²) in [6.07, 6.45) is 9.18. The molecule has 4 rings (SSSR count). The van der Waals surface area contributed by atoms with Gasteiger partial charge in [0.2, 0.25) is 0 Å². The Kier molecular flexibility index (Phi) is 16.7. The molecule has 4 atom stereocenters. The summed E-state index contributed by atoms with van der Waals surface area (Å²) in [6.45, 7) is 6.71. The normalized spacial score (nSPS) is 17.2. The Bertz CT molecular complexity index is 1700. The SMILES string of the molecule is CCC[C@H]1CCC(Cc2ccccc2)N1Cc1ccc(C(=O)NC(CCS(C)(=O)=O)C(=O)O)c(-c2ccccc2C)c1.CSCCC(C)C(=O)O. The molecule has 9 nitrogen and oxygen atoms in total. The van der Waals surface area contributed by atoms with Gasteiger partial charge < -0.3 is 15.5 Å². The molecule has 11 heteroatoms. The molecule has 1 aliphatic rings. The van der Waals surface area contributed by atoms with Gasteiger partial charge in [-0.2, -0.15) is 11.8 Å². The third-order valence-electron chi connectivity index (χ3n) is 9.39. The molecule has 3 N–H and O–H groups in total. The fourth-order valence-corrected chi connectivity index (χ4v) is 7.71. The molecule has 0 aliphatic carbocycles. The van der Waals surface area contributed by atoms with E-state index in [-0.39, 0.29) is 18.1 Å². The van der Waals surface area contributed by atoms with E-state index < -0.39 is 33.7 Å². The maximum Gasteiger partial charge on any atom is 0.326 e. The van der Waals surface area contributed by atoms with E-state index in [0.717, 1.165) is 72.9 Å². The van der Waals surface area contributed by atoms with Crippen molar-refractivity contribution in [1.29, 1.82) is 0 Å². The van der Waals surface area contributed by atoms with Crippen LogP contribution >= 0.6 is 11.8 Å². The van der Waals surface area contributed by atoms with Crippen LogP contribution in [0.3, 0.4) is 0 Å². The summed E-state index contributed by atoms with van der Waals surface area (Å²) in [7, 11) is -3.38. The van der Waals surface area contributed by atoms with Crippen molar-refractivity contribution >= 4 is 39.4 Å². The molecule has 0 saturated carbocycles. The first-order valence-electron chi connectivity index (χ1n) is 17.7. The van der Waals surface area contributed by atoms with Crippen molar-refractivity contribution in [2.24, 2.45) is 5.92 Å². The lowest BCUT2D eigenvalue weighted by molar-refractivity contribution is -0.141. The number of nitrogens with zero attached hydrogens (tertiary/aromatic N) is 1. The number of carbonyl (C=O) groups is 3. The number of aryl methyl sites for hydroxylation is 1. The van der Waals surface area contributed by atoms with Crippen LogP contribution in [0.4, 0.5) is 0 Å². The molecule has 1 fully saturated rings. The highest BCUT2D eigenvalue weighted by molar-refractivity contribution is 7.98. The molecule has 3 unspecified atom stereocenters. The van der Waals surface area contributed by atoms with Gasteiger partial charge >= 0.3 is 11.9 Å². The van der Waals surface area contributed by atoms with Gasteiger partial charge in [0.05, 0.1) is 11.7 Å². The molecule has 0 aromatic heterocycles. The van der Waals surface area contributed by atoms with Crippen molar-refractivity contribution in [3.8, 4) is 11.1 Å². The lowest BCUT2D eigenvalue weighted by atomic mass is 9.93. The fraction of sp³-hybridized carbons (Fsp3) is 0.475. The molecule has 278 valence electrons. The molecular formula is C40H54N2O7S2. The van der Waals surface area contributed by atoms with Gasteiger partial charge in [0.15, 0.2) is 0 Å². The molecule has 0 bridgehead atoms. The lowest BCUT2D eigenvalue weighted by Crippen LogP contribution is -2.42. The first-order chi connectivity index (χ1) is 24.2. The first-order valence-corrected chi connectivity index (χ1v) is 21.1. The van der Waals surface area contributed by atoms with Crippen LogP contribution in [0.1, 0.15) is 79.4 Å². The summed E-state index contributed by atoms with van der Waals surface area (Å²) in [4.78, 5) is 38.2. The summed E-state index contributed by atoms with van der Waals surface area (Å²) >= 11 is 1.68. The first kappa shape index (κ1) is 41.7. The highest BCUT2D eigenvalue weighted by atomic mass is 32.2. The largest absolute Gasteiger partial charge is 0.481 e. The number of likely N-dealkylation sites (tertiary alicyclic amines) is 1. The third-order valence-corrected chi connectivity index (χ3v) is 11.0. The predicted octanol–water partition coefficient (Wildman–Crippen LogP) is 7.12. The summed E-state index contributed by atoms with van der Waals surface area (Å²) in [6, 6.07) is 23.9. The van der Waals surface area contributed by atoms with Gasteiger partial charge in [0.1, 0.15) is 15.9 Å². The number of carbonyl (C=O) groups excluding carboxylic acids is 1. The van der Waals surface area contributed by atoms with Crippen LogP contribution in [0.25, 0.3) is 11.1 Å². The Hall–Kier alpha value is -3.67. The van der Waals surface area contributed by atoms with Crippen LogP contribution < -0.4 is 5.32 Å². The summed E-state index contributed by atoms with van der Waals surface area (Å²) in [5.74, 6) is -2.06. The van der Waals surface area contributed by atoms with E-state index in [1.54, 1.807) is 24.8 Å². The Morgan fingerprint density at radius 2 is 1.57 bits per heavy atom. The van der Waals surface area contributed by atoms with Crippen LogP contribution in [-0.2, 0) is 32.4 Å². The van der Waals surface area contributed by atoms with Crippen LogP contribution in [0.15, 0.2) is 72.8 Å². The molecule has 51 heavy (non-hydrogen) atoms. The number of rotatable bonds is 17. The van der Waals surface area contributed by atoms with Crippen molar-refractivity contribution in [3.05, 3.63) is 95.1 Å². The summed E-state index contributed by atoms with van der Waals surface area (Å²) in [5.41, 5.74) is 5.44. The second-order valence-corrected chi connectivity index (χ2v) is 16.8. The smallest absolute Gasteiger partial charge is 0.326 e. The lowest BCUT2D eigenvalue weighted by Gasteiger charge is -2.31. The highest BCUT2D eigenvalue weighted by Crippen LogP contribution is 2.33. The number of carboxylic acids is 2. The zero-order chi connectivity index (χ0) is 37.6. The number of aliphatic carboxylic acids is 2. The molecule has 1 aliphatic heterocycles. The number of amides is 1. The fourth-order valence-electron chi connectivity index (χ4n) is 6.46. The van der Waals surface area contributed by atoms with Gasteiger partial charge in [-0.25, -0.2) is 13.2 Å². The average Bonchev–Trinajstić information content (AvgIpc) is 3.45. The quantitative estimate of drug-likeness (QED) is 0.132. The molecule has 1 saturated heterocycles. The molecule has 1 heterocycles. The Morgan fingerprint density at radius 1 is 0.902 bits per heavy atom. The number of carboxylic acid groups (broad SMARTS) is 2. The van der Waals surface area contributed by atoms with Crippen LogP contribution in [-0.4, -0.2) is 83.5 Å². The van der Waals surface area contributed by atoms with Crippen molar-refractivity contribution < 1.29 is 33.0 Å². The number of benzene rings is 3. The van der Waals surface area contributed by atoms with Gasteiger partial charge in [-0.05, 0) is 97.4 Å². The third kappa shape index (κ3) is 13.4. The van der Waals surface area contributed by atoms with E-state index in [0.29, 0.717) is 17.6 Å². The van der Waals surface area contributed by atoms with Gasteiger partial charge in [-0.15, -0.1) is 0 Å². The minimum atomic E-state index is -3.38. The zero-order valence-electron chi connectivity index (χ0n) is 30.5. The maximum absolute atomic E-state index is 13.5. The maximum atomic E-state index is 13.5. The minimum Gasteiger partial charge on any atom is -0.481 e. The zero-order valence-corrected chi connectivity index (χ0v) is 32.1. The summed E-state index contributed by atoms with van der Waals surface area (Å²) < 4.78 is 23.3. The van der Waals surface area contributed by atoms with Crippen LogP contribution in [0, 0.1) is 12.8 Å². The number of hydrogen-bond donors (Lipinski definition) is 3. The van der Waals surface area contributed by atoms with Crippen molar-refractivity contribution in [1.82, 2.24) is 10.2 Å². The van der Waals surface area contributed by atoms with E-state index in [4.69, 9.17) is 5.11 Å². The number of thioether (sulfide) groups is 1. The number of nitrogens with one attached hydrogen (secondary N) is 1. The van der Waals surface area contributed by atoms with E-state index in [1.165, 1.54) is 12.0 Å². The van der Waals surface area contributed by atoms with Gasteiger partial charge in [0, 0.05) is 30.4 Å². The topological polar surface area (TPSA) is 141 Å². The van der Waals surface area contributed by atoms with E-state index in [2.05, 4.69) is 47.5 Å². The second kappa shape index (κ2) is 20.4. The average molecular weight is 739 g/mol. The van der Waals surface area contributed by atoms with E-state index in [1.807, 2.05) is 49.6 Å². The van der Waals surface area contributed by atoms with Crippen LogP contribution in [0.2, 0.25) is 0 Å². The number of hydrogen-bond acceptors (Lipinski definition) is 7. The van der Waals surface area contributed by atoms with Gasteiger partial charge in [0.25, 0.3) is 5.91 Å². The van der Waals surface area contributed by atoms with Gasteiger partial charge in [-0.1, -0.05) is 80.9 Å². The van der Waals surface area contributed by atoms with Crippen LogP contribution in [0.5, 0.6) is 0 Å². The Balaban J connectivity index is 0.000000688. The molecule has 0 spiro atoms. The van der Waals surface area contributed by atoms with E-state index in [9.17, 15) is 27.9 Å². The van der Waals surface area contributed by atoms with Crippen molar-refractivity contribution in [3.63, 3.8) is 0 Å². The van der Waals surface area contributed by atoms with E-state index >= 15 is 0 Å². The number of sulfone groups is 1. The summed E-state index contributed by atoms with van der Waals surface area (Å²) in [5, 5.41) is 20.7. The monoisotopic (exact) mass is 738 g/mol. The second-order valence-electron chi connectivity index (χ2n) is 13.5. The van der Waals surface area contributed by atoms with Gasteiger partial charge in [-0.3, -0.25) is 14.5 Å². The molecule has 3 aromatic rings. The predicted molar refractivity (Wildman–Crippen MR) is 207 cm³/mol. The van der Waals surface area contributed by atoms with Crippen molar-refractivity contribution in [2.45, 2.75) is 90.4 Å². The van der Waals surface area contributed by atoms with Crippen molar-refractivity contribution in [2.75, 3.05) is 24.0 Å². The Labute approximate surface area is 308 Å². The Morgan fingerprint density at radius 3 is 2.18 bits per heavy atom. The molecule has 1 amide bonds. The highest BCUT2D eigenvalue weighted by Gasteiger charge is 2.33. The molecule has 3 aromatic carbocycles. The molecular weight excluding hydrogens is 685 g/mol. The molecule has 0 radical (unpaired) electrons.